The molecule has 3 heteroatoms. The molecule has 0 radical (unpaired) electrons. The SMILES string of the molecule is Cc1nc2ccc(NC3CC(C)CCC3C(C)C)cc2s1. The normalized spacial score (nSPS) is 26.4. The van der Waals surface area contributed by atoms with Crippen LogP contribution in [0.2, 0.25) is 0 Å². The van der Waals surface area contributed by atoms with E-state index in [2.05, 4.69) is 56.2 Å². The van der Waals surface area contributed by atoms with E-state index in [9.17, 15) is 0 Å². The Hall–Kier alpha value is -1.09. The van der Waals surface area contributed by atoms with Crippen LogP contribution >= 0.6 is 11.3 Å². The molecule has 1 saturated carbocycles. The number of benzene rings is 1. The largest absolute Gasteiger partial charge is 0.382 e. The molecule has 1 N–H and O–H groups in total. The van der Waals surface area contributed by atoms with E-state index >= 15 is 0 Å². The Morgan fingerprint density at radius 1 is 1.29 bits per heavy atom. The number of thiazole rings is 1. The van der Waals surface area contributed by atoms with Crippen molar-refractivity contribution in [2.45, 2.75) is 53.0 Å². The zero-order valence-electron chi connectivity index (χ0n) is 13.5. The summed E-state index contributed by atoms with van der Waals surface area (Å²) in [5.41, 5.74) is 2.39. The van der Waals surface area contributed by atoms with Crippen molar-refractivity contribution in [2.24, 2.45) is 17.8 Å². The third kappa shape index (κ3) is 3.23. The summed E-state index contributed by atoms with van der Waals surface area (Å²) in [5.74, 6) is 2.39. The Bertz CT molecular complexity index is 617. The van der Waals surface area contributed by atoms with Gasteiger partial charge in [-0.1, -0.05) is 27.2 Å². The summed E-state index contributed by atoms with van der Waals surface area (Å²) in [5, 5.41) is 4.97. The van der Waals surface area contributed by atoms with Crippen LogP contribution in [0.3, 0.4) is 0 Å². The summed E-state index contributed by atoms with van der Waals surface area (Å²) >= 11 is 1.78. The lowest BCUT2D eigenvalue weighted by atomic mass is 9.74. The predicted molar refractivity (Wildman–Crippen MR) is 93.1 cm³/mol. The molecule has 0 saturated heterocycles. The topological polar surface area (TPSA) is 24.9 Å². The number of nitrogens with zero attached hydrogens (tertiary/aromatic N) is 1. The average Bonchev–Trinajstić information content (AvgIpc) is 2.77. The van der Waals surface area contributed by atoms with Crippen LogP contribution in [0, 0.1) is 24.7 Å². The van der Waals surface area contributed by atoms with Crippen molar-refractivity contribution in [3.8, 4) is 0 Å². The molecule has 2 aromatic rings. The van der Waals surface area contributed by atoms with E-state index in [0.717, 1.165) is 28.3 Å². The van der Waals surface area contributed by atoms with Gasteiger partial charge in [-0.05, 0) is 55.7 Å². The second kappa shape index (κ2) is 5.96. The van der Waals surface area contributed by atoms with Gasteiger partial charge in [-0.2, -0.15) is 0 Å². The fourth-order valence-corrected chi connectivity index (χ4v) is 4.58. The standard InChI is InChI=1S/C18H26N2S/c1-11(2)15-7-5-12(3)9-17(15)20-14-6-8-16-18(10-14)21-13(4)19-16/h6,8,10-12,15,17,20H,5,7,9H2,1-4H3. The highest BCUT2D eigenvalue weighted by Crippen LogP contribution is 2.36. The lowest BCUT2D eigenvalue weighted by Crippen LogP contribution is -2.37. The number of anilines is 1. The maximum absolute atomic E-state index is 4.55. The van der Waals surface area contributed by atoms with Gasteiger partial charge in [0.25, 0.3) is 0 Å². The van der Waals surface area contributed by atoms with Crippen LogP contribution in [-0.2, 0) is 0 Å². The van der Waals surface area contributed by atoms with Crippen LogP contribution in [0.4, 0.5) is 5.69 Å². The van der Waals surface area contributed by atoms with Gasteiger partial charge in [-0.15, -0.1) is 11.3 Å². The third-order valence-electron chi connectivity index (χ3n) is 4.87. The fraction of sp³-hybridized carbons (Fsp3) is 0.611. The van der Waals surface area contributed by atoms with E-state index in [4.69, 9.17) is 0 Å². The second-order valence-corrected chi connectivity index (χ2v) is 8.23. The maximum Gasteiger partial charge on any atom is 0.0907 e. The summed E-state index contributed by atoms with van der Waals surface area (Å²) in [4.78, 5) is 4.55. The smallest absolute Gasteiger partial charge is 0.0907 e. The van der Waals surface area contributed by atoms with E-state index in [1.807, 2.05) is 0 Å². The molecule has 3 unspecified atom stereocenters. The summed E-state index contributed by atoms with van der Waals surface area (Å²) in [7, 11) is 0. The van der Waals surface area contributed by atoms with Gasteiger partial charge in [0, 0.05) is 11.7 Å². The zero-order valence-corrected chi connectivity index (χ0v) is 14.3. The fourth-order valence-electron chi connectivity index (χ4n) is 3.71. The number of aromatic nitrogens is 1. The van der Waals surface area contributed by atoms with Gasteiger partial charge in [-0.25, -0.2) is 4.98 Å². The first-order valence-corrected chi connectivity index (χ1v) is 8.98. The van der Waals surface area contributed by atoms with Gasteiger partial charge in [0.15, 0.2) is 0 Å². The molecule has 0 amide bonds. The molecular weight excluding hydrogens is 276 g/mol. The van der Waals surface area contributed by atoms with Crippen LogP contribution in [-0.4, -0.2) is 11.0 Å². The van der Waals surface area contributed by atoms with E-state index in [1.165, 1.54) is 29.6 Å². The molecule has 1 aromatic heterocycles. The van der Waals surface area contributed by atoms with Crippen LogP contribution in [0.15, 0.2) is 18.2 Å². The number of fused-ring (bicyclic) bond motifs is 1. The monoisotopic (exact) mass is 302 g/mol. The zero-order chi connectivity index (χ0) is 15.0. The minimum absolute atomic E-state index is 0.611. The summed E-state index contributed by atoms with van der Waals surface area (Å²) in [6, 6.07) is 7.23. The third-order valence-corrected chi connectivity index (χ3v) is 5.80. The quantitative estimate of drug-likeness (QED) is 0.812. The van der Waals surface area contributed by atoms with Crippen molar-refractivity contribution in [3.05, 3.63) is 23.2 Å². The molecule has 114 valence electrons. The molecule has 1 aromatic carbocycles. The van der Waals surface area contributed by atoms with Crippen molar-refractivity contribution >= 4 is 27.2 Å². The number of hydrogen-bond acceptors (Lipinski definition) is 3. The van der Waals surface area contributed by atoms with Gasteiger partial charge in [0.2, 0.25) is 0 Å². The molecule has 0 spiro atoms. The summed E-state index contributed by atoms with van der Waals surface area (Å²) < 4.78 is 1.29. The van der Waals surface area contributed by atoms with Gasteiger partial charge >= 0.3 is 0 Å². The maximum atomic E-state index is 4.55. The van der Waals surface area contributed by atoms with E-state index in [0.29, 0.717) is 6.04 Å². The Morgan fingerprint density at radius 2 is 2.10 bits per heavy atom. The van der Waals surface area contributed by atoms with E-state index in [1.54, 1.807) is 11.3 Å². The highest BCUT2D eigenvalue weighted by molar-refractivity contribution is 7.18. The molecule has 3 atom stereocenters. The molecule has 1 aliphatic rings. The predicted octanol–water partition coefficient (Wildman–Crippen LogP) is 5.48. The van der Waals surface area contributed by atoms with Gasteiger partial charge < -0.3 is 5.32 Å². The number of rotatable bonds is 3. The summed E-state index contributed by atoms with van der Waals surface area (Å²) in [6.07, 6.45) is 4.04. The van der Waals surface area contributed by atoms with Crippen LogP contribution in [0.1, 0.15) is 45.0 Å². The van der Waals surface area contributed by atoms with E-state index in [-0.39, 0.29) is 0 Å². The molecule has 0 bridgehead atoms. The van der Waals surface area contributed by atoms with Gasteiger partial charge in [0.05, 0.1) is 15.2 Å². The average molecular weight is 302 g/mol. The highest BCUT2D eigenvalue weighted by atomic mass is 32.1. The Kier molecular flexibility index (Phi) is 4.21. The van der Waals surface area contributed by atoms with Crippen molar-refractivity contribution in [3.63, 3.8) is 0 Å². The first-order chi connectivity index (χ1) is 10.0. The van der Waals surface area contributed by atoms with Crippen LogP contribution < -0.4 is 5.32 Å². The first-order valence-electron chi connectivity index (χ1n) is 8.16. The minimum atomic E-state index is 0.611. The Morgan fingerprint density at radius 3 is 2.86 bits per heavy atom. The highest BCUT2D eigenvalue weighted by Gasteiger charge is 2.30. The molecule has 0 aliphatic heterocycles. The van der Waals surface area contributed by atoms with Gasteiger partial charge in [0.1, 0.15) is 0 Å². The minimum Gasteiger partial charge on any atom is -0.382 e. The molecule has 1 aliphatic carbocycles. The second-order valence-electron chi connectivity index (χ2n) is 6.99. The van der Waals surface area contributed by atoms with E-state index < -0.39 is 0 Å². The molecule has 2 nitrogen and oxygen atoms in total. The lowest BCUT2D eigenvalue weighted by molar-refractivity contribution is 0.212. The Labute approximate surface area is 132 Å². The molecule has 3 rings (SSSR count). The number of hydrogen-bond donors (Lipinski definition) is 1. The summed E-state index contributed by atoms with van der Waals surface area (Å²) in [6.45, 7) is 9.20. The van der Waals surface area contributed by atoms with Crippen LogP contribution in [0.25, 0.3) is 10.2 Å². The Balaban J connectivity index is 1.81. The van der Waals surface area contributed by atoms with Gasteiger partial charge in [-0.3, -0.25) is 0 Å². The first kappa shape index (κ1) is 14.8. The number of aryl methyl sites for hydroxylation is 1. The molecule has 1 heterocycles. The van der Waals surface area contributed by atoms with Crippen molar-refractivity contribution in [1.29, 1.82) is 0 Å². The lowest BCUT2D eigenvalue weighted by Gasteiger charge is -2.38. The molecule has 21 heavy (non-hydrogen) atoms. The molecule has 1 fully saturated rings. The number of nitrogens with one attached hydrogen (secondary N) is 1. The van der Waals surface area contributed by atoms with Crippen molar-refractivity contribution in [1.82, 2.24) is 4.98 Å². The van der Waals surface area contributed by atoms with Crippen molar-refractivity contribution in [2.75, 3.05) is 5.32 Å². The van der Waals surface area contributed by atoms with Crippen LogP contribution in [0.5, 0.6) is 0 Å². The molecular formula is C18H26N2S. The van der Waals surface area contributed by atoms with Crippen molar-refractivity contribution < 1.29 is 0 Å².